The first-order valence-corrected chi connectivity index (χ1v) is 11.9. The summed E-state index contributed by atoms with van der Waals surface area (Å²) in [4.78, 5) is 15.0. The topological polar surface area (TPSA) is 69.7 Å². The highest BCUT2D eigenvalue weighted by Crippen LogP contribution is 2.17. The predicted molar refractivity (Wildman–Crippen MR) is 119 cm³/mol. The lowest BCUT2D eigenvalue weighted by Crippen LogP contribution is -2.28. The fourth-order valence-electron chi connectivity index (χ4n) is 3.61. The summed E-state index contributed by atoms with van der Waals surface area (Å²) < 4.78 is 26.8. The molecule has 0 atom stereocenters. The minimum atomic E-state index is -3.55. The Hall–Kier alpha value is -2.22. The number of benzene rings is 2. The van der Waals surface area contributed by atoms with E-state index in [9.17, 15) is 13.2 Å². The van der Waals surface area contributed by atoms with Crippen molar-refractivity contribution < 1.29 is 13.2 Å². The van der Waals surface area contributed by atoms with Crippen LogP contribution in [0.1, 0.15) is 40.7 Å². The van der Waals surface area contributed by atoms with Crippen LogP contribution in [-0.4, -0.2) is 56.8 Å². The first-order chi connectivity index (χ1) is 14.4. The molecule has 0 bridgehead atoms. The van der Waals surface area contributed by atoms with Crippen molar-refractivity contribution in [3.63, 3.8) is 0 Å². The summed E-state index contributed by atoms with van der Waals surface area (Å²) in [5.41, 5.74) is 2.43. The van der Waals surface area contributed by atoms with Crippen molar-refractivity contribution in [3.05, 3.63) is 65.2 Å². The summed E-state index contributed by atoms with van der Waals surface area (Å²) in [7, 11) is -1.99. The van der Waals surface area contributed by atoms with Crippen molar-refractivity contribution in [2.75, 3.05) is 33.2 Å². The number of nitrogens with zero attached hydrogens (tertiary/aromatic N) is 2. The van der Waals surface area contributed by atoms with Gasteiger partial charge >= 0.3 is 0 Å². The molecule has 0 aromatic heterocycles. The third-order valence-electron chi connectivity index (χ3n) is 5.49. The molecule has 2 aromatic carbocycles. The van der Waals surface area contributed by atoms with Gasteiger partial charge < -0.3 is 10.2 Å². The first-order valence-electron chi connectivity index (χ1n) is 10.5. The van der Waals surface area contributed by atoms with Gasteiger partial charge in [-0.05, 0) is 75.6 Å². The SMILES string of the molecule is Cc1ccc(S(=O)(=O)N(C)Cc2ccc(C(=O)NCCCN3CCCC3)cc2)cc1. The van der Waals surface area contributed by atoms with Crippen LogP contribution in [0, 0.1) is 6.92 Å². The number of aryl methyl sites for hydroxylation is 1. The fourth-order valence-corrected chi connectivity index (χ4v) is 4.77. The van der Waals surface area contributed by atoms with Crippen molar-refractivity contribution >= 4 is 15.9 Å². The molecule has 162 valence electrons. The Kier molecular flexibility index (Phi) is 7.64. The van der Waals surface area contributed by atoms with Crippen LogP contribution in [-0.2, 0) is 16.6 Å². The number of rotatable bonds is 9. The monoisotopic (exact) mass is 429 g/mol. The maximum absolute atomic E-state index is 12.7. The van der Waals surface area contributed by atoms with Crippen LogP contribution in [0.15, 0.2) is 53.4 Å². The Balaban J connectivity index is 1.50. The second-order valence-corrected chi connectivity index (χ2v) is 9.97. The standard InChI is InChI=1S/C23H31N3O3S/c1-19-6-12-22(13-7-19)30(28,29)25(2)18-20-8-10-21(11-9-20)23(27)24-14-5-17-26-15-3-4-16-26/h6-13H,3-5,14-18H2,1-2H3,(H,24,27). The van der Waals surface area contributed by atoms with E-state index in [4.69, 9.17) is 0 Å². The molecule has 0 saturated carbocycles. The molecular weight excluding hydrogens is 398 g/mol. The summed E-state index contributed by atoms with van der Waals surface area (Å²) in [6.07, 6.45) is 3.51. The average molecular weight is 430 g/mol. The van der Waals surface area contributed by atoms with Crippen LogP contribution < -0.4 is 5.32 Å². The van der Waals surface area contributed by atoms with Gasteiger partial charge in [0.15, 0.2) is 0 Å². The van der Waals surface area contributed by atoms with Gasteiger partial charge in [-0.1, -0.05) is 29.8 Å². The molecular formula is C23H31N3O3S. The van der Waals surface area contributed by atoms with E-state index in [0.29, 0.717) is 12.1 Å². The lowest BCUT2D eigenvalue weighted by molar-refractivity contribution is 0.0952. The zero-order valence-corrected chi connectivity index (χ0v) is 18.6. The molecule has 1 aliphatic rings. The number of carbonyl (C=O) groups is 1. The molecule has 0 aliphatic carbocycles. The average Bonchev–Trinajstić information content (AvgIpc) is 3.25. The molecule has 1 aliphatic heterocycles. The van der Waals surface area contributed by atoms with Crippen molar-refractivity contribution in [2.45, 2.75) is 37.6 Å². The molecule has 1 heterocycles. The molecule has 0 radical (unpaired) electrons. The van der Waals surface area contributed by atoms with Crippen LogP contribution in [0.5, 0.6) is 0 Å². The van der Waals surface area contributed by atoms with E-state index in [2.05, 4.69) is 10.2 Å². The first kappa shape index (κ1) is 22.5. The number of carbonyl (C=O) groups excluding carboxylic acids is 1. The largest absolute Gasteiger partial charge is 0.352 e. The van der Waals surface area contributed by atoms with Gasteiger partial charge in [0.1, 0.15) is 0 Å². The van der Waals surface area contributed by atoms with Gasteiger partial charge in [0, 0.05) is 25.7 Å². The Morgan fingerprint density at radius 2 is 1.67 bits per heavy atom. The molecule has 0 unspecified atom stereocenters. The van der Waals surface area contributed by atoms with Crippen LogP contribution in [0.25, 0.3) is 0 Å². The smallest absolute Gasteiger partial charge is 0.251 e. The van der Waals surface area contributed by atoms with Crippen molar-refractivity contribution in [3.8, 4) is 0 Å². The van der Waals surface area contributed by atoms with Crippen molar-refractivity contribution in [1.82, 2.24) is 14.5 Å². The molecule has 6 nitrogen and oxygen atoms in total. The van der Waals surface area contributed by atoms with Crippen LogP contribution >= 0.6 is 0 Å². The lowest BCUT2D eigenvalue weighted by Gasteiger charge is -2.17. The van der Waals surface area contributed by atoms with E-state index in [1.165, 1.54) is 30.2 Å². The highest BCUT2D eigenvalue weighted by molar-refractivity contribution is 7.89. The summed E-state index contributed by atoms with van der Waals surface area (Å²) in [6.45, 7) is 6.20. The number of hydrogen-bond acceptors (Lipinski definition) is 4. The summed E-state index contributed by atoms with van der Waals surface area (Å²) in [6, 6.07) is 13.9. The summed E-state index contributed by atoms with van der Waals surface area (Å²) >= 11 is 0. The number of likely N-dealkylation sites (tertiary alicyclic amines) is 1. The molecule has 7 heteroatoms. The molecule has 1 amide bonds. The van der Waals surface area contributed by atoms with E-state index in [-0.39, 0.29) is 17.3 Å². The van der Waals surface area contributed by atoms with Crippen LogP contribution in [0.2, 0.25) is 0 Å². The quantitative estimate of drug-likeness (QED) is 0.622. The number of sulfonamides is 1. The summed E-state index contributed by atoms with van der Waals surface area (Å²) in [5, 5.41) is 2.96. The van der Waals surface area contributed by atoms with E-state index >= 15 is 0 Å². The Morgan fingerprint density at radius 3 is 2.30 bits per heavy atom. The Morgan fingerprint density at radius 1 is 1.03 bits per heavy atom. The lowest BCUT2D eigenvalue weighted by atomic mass is 10.1. The molecule has 30 heavy (non-hydrogen) atoms. The number of nitrogens with one attached hydrogen (secondary N) is 1. The van der Waals surface area contributed by atoms with E-state index in [1.807, 2.05) is 6.92 Å². The molecule has 1 fully saturated rings. The Labute approximate surface area is 179 Å². The van der Waals surface area contributed by atoms with Crippen molar-refractivity contribution in [2.24, 2.45) is 0 Å². The fraction of sp³-hybridized carbons (Fsp3) is 0.435. The zero-order valence-electron chi connectivity index (χ0n) is 17.8. The minimum absolute atomic E-state index is 0.0939. The minimum Gasteiger partial charge on any atom is -0.352 e. The summed E-state index contributed by atoms with van der Waals surface area (Å²) in [5.74, 6) is -0.0939. The van der Waals surface area contributed by atoms with Gasteiger partial charge in [0.05, 0.1) is 4.90 Å². The van der Waals surface area contributed by atoms with E-state index in [0.717, 1.165) is 24.1 Å². The molecule has 1 N–H and O–H groups in total. The second-order valence-electron chi connectivity index (χ2n) is 7.93. The molecule has 3 rings (SSSR count). The van der Waals surface area contributed by atoms with Gasteiger partial charge in [0.25, 0.3) is 5.91 Å². The second kappa shape index (κ2) is 10.2. The zero-order chi connectivity index (χ0) is 21.6. The van der Waals surface area contributed by atoms with Crippen LogP contribution in [0.4, 0.5) is 0 Å². The number of amides is 1. The molecule has 2 aromatic rings. The highest BCUT2D eigenvalue weighted by Gasteiger charge is 2.20. The van der Waals surface area contributed by atoms with Gasteiger partial charge in [-0.3, -0.25) is 4.79 Å². The third kappa shape index (κ3) is 5.90. The normalized spacial score (nSPS) is 14.9. The third-order valence-corrected chi connectivity index (χ3v) is 7.30. The predicted octanol–water partition coefficient (Wildman–Crippen LogP) is 3.03. The van der Waals surface area contributed by atoms with Gasteiger partial charge in [-0.2, -0.15) is 4.31 Å². The van der Waals surface area contributed by atoms with Crippen molar-refractivity contribution in [1.29, 1.82) is 0 Å². The molecule has 1 saturated heterocycles. The maximum atomic E-state index is 12.7. The van der Waals surface area contributed by atoms with E-state index < -0.39 is 10.0 Å². The van der Waals surface area contributed by atoms with Gasteiger partial charge in [-0.25, -0.2) is 8.42 Å². The van der Waals surface area contributed by atoms with E-state index in [1.54, 1.807) is 55.6 Å². The van der Waals surface area contributed by atoms with Crippen LogP contribution in [0.3, 0.4) is 0 Å². The van der Waals surface area contributed by atoms with Gasteiger partial charge in [-0.15, -0.1) is 0 Å². The maximum Gasteiger partial charge on any atom is 0.251 e. The highest BCUT2D eigenvalue weighted by atomic mass is 32.2. The van der Waals surface area contributed by atoms with Gasteiger partial charge in [0.2, 0.25) is 10.0 Å². The molecule has 0 spiro atoms. The Bertz CT molecular complexity index is 935. The number of hydrogen-bond donors (Lipinski definition) is 1.